The molecule has 0 spiro atoms. The Hall–Kier alpha value is -2.97. The maximum Gasteiger partial charge on any atom is 0.326 e. The Morgan fingerprint density at radius 1 is 0.846 bits per heavy atom. The SMILES string of the molecule is CSCCC(N)C(=O)NC(CCCN=C(N)N)C(=O)NC(Cc1ccccc1)C(=O)NC(CCSC)C(=O)O. The predicted molar refractivity (Wildman–Crippen MR) is 157 cm³/mol. The van der Waals surface area contributed by atoms with Crippen LogP contribution in [0.3, 0.4) is 0 Å². The Kier molecular flexibility index (Phi) is 16.7. The maximum atomic E-state index is 13.4. The van der Waals surface area contributed by atoms with Crippen molar-refractivity contribution in [2.24, 2.45) is 22.2 Å². The summed E-state index contributed by atoms with van der Waals surface area (Å²) in [6.07, 6.45) is 5.09. The highest BCUT2D eigenvalue weighted by Crippen LogP contribution is 2.08. The Balaban J connectivity index is 3.11. The van der Waals surface area contributed by atoms with E-state index in [0.717, 1.165) is 5.56 Å². The molecular formula is C25H41N7O5S2. The number of hydrogen-bond donors (Lipinski definition) is 7. The van der Waals surface area contributed by atoms with Gasteiger partial charge in [-0.3, -0.25) is 19.4 Å². The van der Waals surface area contributed by atoms with Crippen LogP contribution >= 0.6 is 23.5 Å². The first kappa shape index (κ1) is 34.1. The van der Waals surface area contributed by atoms with Gasteiger partial charge in [-0.15, -0.1) is 0 Å². The molecule has 0 saturated carbocycles. The molecule has 1 aromatic carbocycles. The molecule has 4 unspecified atom stereocenters. The highest BCUT2D eigenvalue weighted by Gasteiger charge is 2.30. The second kappa shape index (κ2) is 19.1. The van der Waals surface area contributed by atoms with Gasteiger partial charge in [0.1, 0.15) is 18.1 Å². The number of aliphatic imine (C=N–C) groups is 1. The van der Waals surface area contributed by atoms with E-state index in [1.54, 1.807) is 36.0 Å². The van der Waals surface area contributed by atoms with Gasteiger partial charge in [0.25, 0.3) is 0 Å². The lowest BCUT2D eigenvalue weighted by Crippen LogP contribution is -2.57. The van der Waals surface area contributed by atoms with Crippen molar-refractivity contribution in [1.82, 2.24) is 16.0 Å². The minimum absolute atomic E-state index is 0.0896. The number of amides is 3. The molecule has 1 rings (SSSR count). The summed E-state index contributed by atoms with van der Waals surface area (Å²) >= 11 is 3.01. The summed E-state index contributed by atoms with van der Waals surface area (Å²) in [4.78, 5) is 54.9. The number of nitrogens with two attached hydrogens (primary N) is 3. The number of carboxylic acid groups (broad SMARTS) is 1. The number of aliphatic carboxylic acids is 1. The third-order valence-electron chi connectivity index (χ3n) is 5.69. The highest BCUT2D eigenvalue weighted by atomic mass is 32.2. The average Bonchev–Trinajstić information content (AvgIpc) is 2.90. The molecule has 0 aliphatic heterocycles. The maximum absolute atomic E-state index is 13.4. The van der Waals surface area contributed by atoms with Gasteiger partial charge in [-0.05, 0) is 55.3 Å². The molecule has 0 heterocycles. The zero-order valence-electron chi connectivity index (χ0n) is 22.4. The number of benzene rings is 1. The second-order valence-electron chi connectivity index (χ2n) is 8.83. The van der Waals surface area contributed by atoms with Crippen LogP contribution in [0, 0.1) is 0 Å². The van der Waals surface area contributed by atoms with Crippen LogP contribution in [0.1, 0.15) is 31.2 Å². The monoisotopic (exact) mass is 583 g/mol. The Bertz CT molecular complexity index is 948. The van der Waals surface area contributed by atoms with E-state index in [2.05, 4.69) is 20.9 Å². The molecule has 0 saturated heterocycles. The lowest BCUT2D eigenvalue weighted by Gasteiger charge is -2.25. The third-order valence-corrected chi connectivity index (χ3v) is 6.98. The molecular weight excluding hydrogens is 542 g/mol. The summed E-state index contributed by atoms with van der Waals surface area (Å²) in [6.45, 7) is 0.240. The van der Waals surface area contributed by atoms with Crippen LogP contribution in [0.25, 0.3) is 0 Å². The summed E-state index contributed by atoms with van der Waals surface area (Å²) in [6, 6.07) is 5.01. The molecule has 0 aromatic heterocycles. The largest absolute Gasteiger partial charge is 0.480 e. The van der Waals surface area contributed by atoms with E-state index in [4.69, 9.17) is 17.2 Å². The molecule has 0 aliphatic carbocycles. The Morgan fingerprint density at radius 2 is 1.41 bits per heavy atom. The van der Waals surface area contributed by atoms with Crippen molar-refractivity contribution in [2.45, 2.75) is 56.3 Å². The fourth-order valence-electron chi connectivity index (χ4n) is 3.52. The minimum atomic E-state index is -1.16. The topological polar surface area (TPSA) is 215 Å². The molecule has 4 atom stereocenters. The molecule has 0 aliphatic rings. The summed E-state index contributed by atoms with van der Waals surface area (Å²) in [5.41, 5.74) is 17.5. The number of guanidine groups is 1. The first-order valence-electron chi connectivity index (χ1n) is 12.6. The van der Waals surface area contributed by atoms with Crippen molar-refractivity contribution in [3.8, 4) is 0 Å². The lowest BCUT2D eigenvalue weighted by molar-refractivity contribution is -0.142. The standard InChI is InChI=1S/C25H41N7O5S2/c1-38-13-10-17(26)21(33)30-18(9-6-12-29-25(27)28)22(34)32-20(15-16-7-4-3-5-8-16)23(35)31-19(24(36)37)11-14-39-2/h3-5,7-8,17-20H,6,9-15,26H2,1-2H3,(H,30,33)(H,31,35)(H,32,34)(H,36,37)(H4,27,28,29). The number of nitrogens with zero attached hydrogens (tertiary/aromatic N) is 1. The Morgan fingerprint density at radius 3 is 2.00 bits per heavy atom. The quantitative estimate of drug-likeness (QED) is 0.0638. The van der Waals surface area contributed by atoms with Crippen LogP contribution in [-0.4, -0.2) is 89.5 Å². The number of carboxylic acids is 1. The molecule has 10 N–H and O–H groups in total. The predicted octanol–water partition coefficient (Wildman–Crippen LogP) is -0.345. The van der Waals surface area contributed by atoms with Gasteiger partial charge in [0, 0.05) is 13.0 Å². The van der Waals surface area contributed by atoms with E-state index in [0.29, 0.717) is 24.3 Å². The molecule has 0 radical (unpaired) electrons. The van der Waals surface area contributed by atoms with Gasteiger partial charge in [-0.1, -0.05) is 30.3 Å². The smallest absolute Gasteiger partial charge is 0.326 e. The molecule has 12 nitrogen and oxygen atoms in total. The van der Waals surface area contributed by atoms with Gasteiger partial charge in [-0.2, -0.15) is 23.5 Å². The zero-order chi connectivity index (χ0) is 29.2. The van der Waals surface area contributed by atoms with Crippen LogP contribution in [0.5, 0.6) is 0 Å². The van der Waals surface area contributed by atoms with Crippen molar-refractivity contribution in [3.63, 3.8) is 0 Å². The molecule has 1 aromatic rings. The van der Waals surface area contributed by atoms with Gasteiger partial charge < -0.3 is 38.3 Å². The van der Waals surface area contributed by atoms with E-state index in [-0.39, 0.29) is 31.8 Å². The first-order chi connectivity index (χ1) is 18.6. The van der Waals surface area contributed by atoms with Crippen LogP contribution in [0.15, 0.2) is 35.3 Å². The van der Waals surface area contributed by atoms with E-state index in [9.17, 15) is 24.3 Å². The lowest BCUT2D eigenvalue weighted by atomic mass is 10.0. The van der Waals surface area contributed by atoms with Gasteiger partial charge in [0.15, 0.2) is 5.96 Å². The third kappa shape index (κ3) is 14.1. The summed E-state index contributed by atoms with van der Waals surface area (Å²) < 4.78 is 0. The molecule has 3 amide bonds. The van der Waals surface area contributed by atoms with Crippen molar-refractivity contribution in [2.75, 3.05) is 30.6 Å². The fourth-order valence-corrected chi connectivity index (χ4v) is 4.48. The van der Waals surface area contributed by atoms with Crippen LogP contribution in [-0.2, 0) is 25.6 Å². The Labute approximate surface area is 238 Å². The van der Waals surface area contributed by atoms with E-state index >= 15 is 0 Å². The summed E-state index contributed by atoms with van der Waals surface area (Å²) in [5, 5.41) is 17.5. The van der Waals surface area contributed by atoms with E-state index in [1.165, 1.54) is 11.8 Å². The van der Waals surface area contributed by atoms with Gasteiger partial charge in [0.05, 0.1) is 6.04 Å². The second-order valence-corrected chi connectivity index (χ2v) is 10.8. The average molecular weight is 584 g/mol. The molecule has 0 fully saturated rings. The number of rotatable bonds is 19. The number of thioether (sulfide) groups is 2. The first-order valence-corrected chi connectivity index (χ1v) is 15.3. The van der Waals surface area contributed by atoms with Gasteiger partial charge in [-0.25, -0.2) is 4.79 Å². The van der Waals surface area contributed by atoms with Crippen molar-refractivity contribution in [1.29, 1.82) is 0 Å². The molecule has 0 bridgehead atoms. The van der Waals surface area contributed by atoms with Crippen LogP contribution in [0.4, 0.5) is 0 Å². The molecule has 14 heteroatoms. The normalized spacial score (nSPS) is 13.8. The summed E-state index contributed by atoms with van der Waals surface area (Å²) in [7, 11) is 0. The number of nitrogens with one attached hydrogen (secondary N) is 3. The number of carbonyl (C=O) groups is 4. The van der Waals surface area contributed by atoms with Crippen LogP contribution in [0.2, 0.25) is 0 Å². The highest BCUT2D eigenvalue weighted by molar-refractivity contribution is 7.98. The zero-order valence-corrected chi connectivity index (χ0v) is 24.1. The van der Waals surface area contributed by atoms with Crippen molar-refractivity contribution in [3.05, 3.63) is 35.9 Å². The number of hydrogen-bond acceptors (Lipinski definition) is 8. The van der Waals surface area contributed by atoms with E-state index in [1.807, 2.05) is 18.6 Å². The van der Waals surface area contributed by atoms with E-state index < -0.39 is 47.9 Å². The van der Waals surface area contributed by atoms with Gasteiger partial charge >= 0.3 is 5.97 Å². The van der Waals surface area contributed by atoms with Gasteiger partial charge in [0.2, 0.25) is 17.7 Å². The molecule has 39 heavy (non-hydrogen) atoms. The fraction of sp³-hybridized carbons (Fsp3) is 0.560. The van der Waals surface area contributed by atoms with Crippen molar-refractivity contribution >= 4 is 53.2 Å². The number of carbonyl (C=O) groups excluding carboxylic acids is 3. The van der Waals surface area contributed by atoms with Crippen molar-refractivity contribution < 1.29 is 24.3 Å². The summed E-state index contributed by atoms with van der Waals surface area (Å²) in [5.74, 6) is -1.76. The minimum Gasteiger partial charge on any atom is -0.480 e. The van der Waals surface area contributed by atoms with Crippen LogP contribution < -0.4 is 33.2 Å². The molecule has 218 valence electrons.